The zero-order chi connectivity index (χ0) is 8.72. The second-order valence-electron chi connectivity index (χ2n) is 2.44. The molecule has 1 N–H and O–H groups in total. The van der Waals surface area contributed by atoms with Crippen molar-refractivity contribution in [1.29, 1.82) is 0 Å². The number of nitrogens with zero attached hydrogens (tertiary/aromatic N) is 1. The molecule has 0 bridgehead atoms. The highest BCUT2D eigenvalue weighted by atomic mass is 127. The number of fused-ring (bicyclic) bond motifs is 1. The summed E-state index contributed by atoms with van der Waals surface area (Å²) in [4.78, 5) is 4.10. The van der Waals surface area contributed by atoms with E-state index >= 15 is 0 Å². The molecule has 0 saturated heterocycles. The molecule has 2 rings (SSSR count). The Balaban J connectivity index is 2.43. The molecular weight excluding hydrogens is 307 g/mol. The first-order valence-corrected chi connectivity index (χ1v) is 5.33. The van der Waals surface area contributed by atoms with Gasteiger partial charge in [0.2, 0.25) is 0 Å². The van der Waals surface area contributed by atoms with E-state index in [9.17, 15) is 0 Å². The van der Waals surface area contributed by atoms with E-state index in [2.05, 4.69) is 32.9 Å². The van der Waals surface area contributed by atoms with Crippen molar-refractivity contribution in [2.45, 2.75) is 3.92 Å². The van der Waals surface area contributed by atoms with Gasteiger partial charge in [-0.05, 0) is 24.4 Å². The molecule has 0 radical (unpaired) electrons. The van der Waals surface area contributed by atoms with Crippen LogP contribution in [0.25, 0.3) is 0 Å². The summed E-state index contributed by atoms with van der Waals surface area (Å²) in [5.74, 6) is 0. The second-order valence-corrected chi connectivity index (χ2v) is 4.60. The minimum absolute atomic E-state index is 0.228. The van der Waals surface area contributed by atoms with Gasteiger partial charge in [-0.15, -0.1) is 0 Å². The summed E-state index contributed by atoms with van der Waals surface area (Å²) >= 11 is 13.1. The molecule has 1 atom stereocenters. The molecule has 0 saturated carbocycles. The Morgan fingerprint density at radius 3 is 3.17 bits per heavy atom. The molecule has 12 heavy (non-hydrogen) atoms. The molecule has 62 valence electrons. The van der Waals surface area contributed by atoms with Crippen LogP contribution in [-0.2, 0) is 0 Å². The molecule has 2 nitrogen and oxygen atoms in total. The summed E-state index contributed by atoms with van der Waals surface area (Å²) in [5, 5.41) is 4.30. The van der Waals surface area contributed by atoms with Crippen LogP contribution in [0.1, 0.15) is 0 Å². The van der Waals surface area contributed by atoms with Crippen molar-refractivity contribution in [3.8, 4) is 0 Å². The fourth-order valence-corrected chi connectivity index (χ4v) is 1.96. The summed E-state index contributed by atoms with van der Waals surface area (Å²) < 4.78 is 0.228. The van der Waals surface area contributed by atoms with E-state index in [-0.39, 0.29) is 3.92 Å². The predicted molar refractivity (Wildman–Crippen MR) is 63.0 cm³/mol. The number of halogens is 2. The third-order valence-corrected chi connectivity index (χ3v) is 3.53. The Kier molecular flexibility index (Phi) is 2.22. The van der Waals surface area contributed by atoms with E-state index in [0.717, 1.165) is 16.4 Å². The molecule has 2 aliphatic rings. The van der Waals surface area contributed by atoms with Crippen LogP contribution in [0, 0.1) is 0 Å². The maximum Gasteiger partial charge on any atom is 0.197 e. The van der Waals surface area contributed by atoms with Crippen LogP contribution in [0.15, 0.2) is 27.9 Å². The minimum Gasteiger partial charge on any atom is -0.329 e. The maximum atomic E-state index is 5.94. The molecule has 0 amide bonds. The summed E-state index contributed by atoms with van der Waals surface area (Å²) in [7, 11) is 0. The topological polar surface area (TPSA) is 24.4 Å². The number of rotatable bonds is 0. The molecule has 1 aliphatic carbocycles. The monoisotopic (exact) mass is 310 g/mol. The molecular formula is C7H4ClIN2S. The third kappa shape index (κ3) is 1.43. The average molecular weight is 311 g/mol. The van der Waals surface area contributed by atoms with Crippen molar-refractivity contribution in [3.05, 3.63) is 22.9 Å². The summed E-state index contributed by atoms with van der Waals surface area (Å²) in [5.41, 5.74) is 1.82. The minimum atomic E-state index is 0.228. The van der Waals surface area contributed by atoms with Gasteiger partial charge in [-0.3, -0.25) is 0 Å². The first-order chi connectivity index (χ1) is 5.66. The maximum absolute atomic E-state index is 5.94. The number of hydrogen-bond acceptors (Lipinski definition) is 1. The van der Waals surface area contributed by atoms with Gasteiger partial charge in [-0.25, -0.2) is 4.99 Å². The average Bonchev–Trinajstić information content (AvgIpc) is 2.30. The van der Waals surface area contributed by atoms with Gasteiger partial charge in [0.1, 0.15) is 0 Å². The van der Waals surface area contributed by atoms with Gasteiger partial charge >= 0.3 is 0 Å². The Morgan fingerprint density at radius 2 is 2.42 bits per heavy atom. The van der Waals surface area contributed by atoms with Gasteiger partial charge in [-0.1, -0.05) is 34.2 Å². The third-order valence-electron chi connectivity index (χ3n) is 1.59. The van der Waals surface area contributed by atoms with Gasteiger partial charge in [0, 0.05) is 5.03 Å². The van der Waals surface area contributed by atoms with E-state index in [1.165, 1.54) is 0 Å². The highest BCUT2D eigenvalue weighted by molar-refractivity contribution is 14.1. The largest absolute Gasteiger partial charge is 0.329 e. The van der Waals surface area contributed by atoms with E-state index in [1.54, 1.807) is 0 Å². The molecule has 0 aromatic carbocycles. The Bertz CT molecular complexity index is 345. The SMILES string of the molecule is S=C1N=C2C=C(Cl)C(I)C=C2N1. The van der Waals surface area contributed by atoms with Crippen LogP contribution in [0.3, 0.4) is 0 Å². The van der Waals surface area contributed by atoms with Crippen LogP contribution in [0.2, 0.25) is 0 Å². The summed E-state index contributed by atoms with van der Waals surface area (Å²) in [6.45, 7) is 0. The van der Waals surface area contributed by atoms with Crippen LogP contribution >= 0.6 is 46.4 Å². The van der Waals surface area contributed by atoms with Crippen molar-refractivity contribution >= 4 is 57.2 Å². The summed E-state index contributed by atoms with van der Waals surface area (Å²) in [6, 6.07) is 0. The Labute approximate surface area is 93.9 Å². The lowest BCUT2D eigenvalue weighted by Gasteiger charge is -2.11. The molecule has 1 unspecified atom stereocenters. The molecule has 0 aromatic rings. The van der Waals surface area contributed by atoms with Gasteiger partial charge in [-0.2, -0.15) is 0 Å². The van der Waals surface area contributed by atoms with Gasteiger partial charge < -0.3 is 5.32 Å². The van der Waals surface area contributed by atoms with E-state index < -0.39 is 0 Å². The number of allylic oxidation sites excluding steroid dienone is 3. The fraction of sp³-hybridized carbons (Fsp3) is 0.143. The van der Waals surface area contributed by atoms with Gasteiger partial charge in [0.25, 0.3) is 0 Å². The molecule has 0 fully saturated rings. The highest BCUT2D eigenvalue weighted by Gasteiger charge is 2.22. The fourth-order valence-electron chi connectivity index (χ4n) is 1.05. The number of hydrogen-bond donors (Lipinski definition) is 1. The lowest BCUT2D eigenvalue weighted by Crippen LogP contribution is -2.18. The Morgan fingerprint density at radius 1 is 1.67 bits per heavy atom. The van der Waals surface area contributed by atoms with Crippen molar-refractivity contribution in [2.75, 3.05) is 0 Å². The van der Waals surface area contributed by atoms with E-state index in [0.29, 0.717) is 5.11 Å². The number of nitrogens with one attached hydrogen (secondary N) is 1. The number of thiocarbonyl (C=S) groups is 1. The molecule has 0 spiro atoms. The van der Waals surface area contributed by atoms with Gasteiger partial charge in [0.05, 0.1) is 15.3 Å². The lowest BCUT2D eigenvalue weighted by atomic mass is 10.1. The van der Waals surface area contributed by atoms with E-state index in [1.807, 2.05) is 12.2 Å². The zero-order valence-corrected chi connectivity index (χ0v) is 9.57. The van der Waals surface area contributed by atoms with E-state index in [4.69, 9.17) is 23.8 Å². The standard InChI is InChI=1S/C7H4ClIN2S/c8-3-1-5-6(2-4(3)9)11-7(12)10-5/h1-2,4H,(H,11,12). The molecule has 5 heteroatoms. The normalized spacial score (nSPS) is 27.0. The van der Waals surface area contributed by atoms with Crippen molar-refractivity contribution in [1.82, 2.24) is 5.32 Å². The first kappa shape index (κ1) is 8.65. The quantitative estimate of drug-likeness (QED) is 0.421. The predicted octanol–water partition coefficient (Wildman–Crippen LogP) is 2.14. The molecule has 0 aromatic heterocycles. The zero-order valence-electron chi connectivity index (χ0n) is 5.84. The first-order valence-electron chi connectivity index (χ1n) is 3.30. The van der Waals surface area contributed by atoms with Crippen LogP contribution in [0.5, 0.6) is 0 Å². The second kappa shape index (κ2) is 3.08. The molecule has 1 aliphatic heterocycles. The van der Waals surface area contributed by atoms with Gasteiger partial charge in [0.15, 0.2) is 5.11 Å². The van der Waals surface area contributed by atoms with Crippen LogP contribution in [-0.4, -0.2) is 14.7 Å². The smallest absolute Gasteiger partial charge is 0.197 e. The Hall–Kier alpha value is 0.0600. The van der Waals surface area contributed by atoms with Crippen molar-refractivity contribution in [2.24, 2.45) is 4.99 Å². The van der Waals surface area contributed by atoms with Crippen molar-refractivity contribution < 1.29 is 0 Å². The number of alkyl halides is 1. The number of aliphatic imine (C=N–C) groups is 1. The molecule has 1 heterocycles. The van der Waals surface area contributed by atoms with Crippen LogP contribution in [0.4, 0.5) is 0 Å². The van der Waals surface area contributed by atoms with Crippen molar-refractivity contribution in [3.63, 3.8) is 0 Å². The highest BCUT2D eigenvalue weighted by Crippen LogP contribution is 2.26. The summed E-state index contributed by atoms with van der Waals surface area (Å²) in [6.07, 6.45) is 3.86. The van der Waals surface area contributed by atoms with Crippen LogP contribution < -0.4 is 5.32 Å². The lowest BCUT2D eigenvalue weighted by molar-refractivity contribution is 1.22.